The number of aryl methyl sites for hydroxylation is 1. The molecule has 0 unspecified atom stereocenters. The van der Waals surface area contributed by atoms with Crippen molar-refractivity contribution in [2.45, 2.75) is 17.7 Å². The smallest absolute Gasteiger partial charge is 0.244 e. The lowest BCUT2D eigenvalue weighted by atomic mass is 9.93. The first-order chi connectivity index (χ1) is 14.1. The average molecular weight is 398 g/mol. The molecule has 1 saturated heterocycles. The maximum absolute atomic E-state index is 13.6. The topological polar surface area (TPSA) is 56.2 Å². The summed E-state index contributed by atoms with van der Waals surface area (Å²) in [6, 6.07) is 25.5. The Bertz CT molecular complexity index is 1130. The van der Waals surface area contributed by atoms with Gasteiger partial charge in [0, 0.05) is 10.5 Å². The summed E-state index contributed by atoms with van der Waals surface area (Å²) in [4.78, 5) is 16.2. The minimum absolute atomic E-state index is 0.0918. The second-order valence-corrected chi connectivity index (χ2v) is 8.22. The molecule has 0 aromatic heterocycles. The Hall–Kier alpha value is -3.31. The predicted molar refractivity (Wildman–Crippen MR) is 119 cm³/mol. The molecule has 29 heavy (non-hydrogen) atoms. The average Bonchev–Trinajstić information content (AvgIpc) is 3.27. The molecule has 1 atom stereocenters. The van der Waals surface area contributed by atoms with Gasteiger partial charge in [-0.25, -0.2) is 0 Å². The predicted octanol–water partition coefficient (Wildman–Crippen LogP) is 5.53. The summed E-state index contributed by atoms with van der Waals surface area (Å²) in [6.07, 6.45) is 0. The number of amidine groups is 1. The van der Waals surface area contributed by atoms with Crippen LogP contribution < -0.4 is 10.2 Å². The summed E-state index contributed by atoms with van der Waals surface area (Å²) in [5.41, 5.74) is 4.48. The molecule has 5 rings (SSSR count). The van der Waals surface area contributed by atoms with Gasteiger partial charge in [0.15, 0.2) is 0 Å². The van der Waals surface area contributed by atoms with Gasteiger partial charge in [-0.3, -0.25) is 15.1 Å². The van der Waals surface area contributed by atoms with Gasteiger partial charge in [-0.05, 0) is 36.8 Å². The van der Waals surface area contributed by atoms with Crippen LogP contribution in [0.4, 0.5) is 11.4 Å². The number of hydrogen-bond donors (Lipinski definition) is 2. The summed E-state index contributed by atoms with van der Waals surface area (Å²) in [5, 5.41) is 13.2. The van der Waals surface area contributed by atoms with Crippen LogP contribution in [0.3, 0.4) is 0 Å². The lowest BCUT2D eigenvalue weighted by Gasteiger charge is -2.16. The summed E-state index contributed by atoms with van der Waals surface area (Å²) in [6.45, 7) is 2.01. The molecule has 0 spiro atoms. The molecule has 4 nitrogen and oxygen atoms in total. The minimum Gasteiger partial charge on any atom is -0.349 e. The van der Waals surface area contributed by atoms with E-state index in [0.717, 1.165) is 38.0 Å². The van der Waals surface area contributed by atoms with Crippen molar-refractivity contribution >= 4 is 34.9 Å². The zero-order valence-corrected chi connectivity index (χ0v) is 16.7. The minimum atomic E-state index is -0.505. The fourth-order valence-electron chi connectivity index (χ4n) is 3.80. The fourth-order valence-corrected chi connectivity index (χ4v) is 4.88. The number of amides is 1. The first kappa shape index (κ1) is 17.8. The molecule has 1 fully saturated rings. The Morgan fingerprint density at radius 1 is 0.931 bits per heavy atom. The second-order valence-electron chi connectivity index (χ2n) is 7.17. The third-order valence-corrected chi connectivity index (χ3v) is 6.35. The van der Waals surface area contributed by atoms with Crippen LogP contribution in [0.25, 0.3) is 0 Å². The quantitative estimate of drug-likeness (QED) is 0.598. The summed E-state index contributed by atoms with van der Waals surface area (Å²) >= 11 is 1.59. The number of benzene rings is 3. The summed E-state index contributed by atoms with van der Waals surface area (Å²) in [7, 11) is 0. The Morgan fingerprint density at radius 2 is 1.62 bits per heavy atom. The maximum Gasteiger partial charge on any atom is 0.244 e. The Kier molecular flexibility index (Phi) is 4.25. The number of carbonyl (C=O) groups excluding carboxylic acids is 1. The first-order valence-corrected chi connectivity index (χ1v) is 10.3. The Morgan fingerprint density at radius 3 is 2.34 bits per heavy atom. The summed E-state index contributed by atoms with van der Waals surface area (Å²) < 4.78 is 0. The van der Waals surface area contributed by atoms with Crippen molar-refractivity contribution < 1.29 is 4.79 Å². The lowest BCUT2D eigenvalue weighted by Crippen LogP contribution is -2.29. The maximum atomic E-state index is 13.6. The molecule has 0 bridgehead atoms. The molecule has 1 amide bonds. The monoisotopic (exact) mass is 397 g/mol. The number of thioether (sulfide) groups is 1. The zero-order chi connectivity index (χ0) is 20.0. The van der Waals surface area contributed by atoms with Gasteiger partial charge in [-0.2, -0.15) is 0 Å². The zero-order valence-electron chi connectivity index (χ0n) is 15.8. The number of nitrogens with zero attached hydrogens (tertiary/aromatic N) is 1. The van der Waals surface area contributed by atoms with Crippen molar-refractivity contribution in [2.75, 3.05) is 10.2 Å². The molecule has 2 heterocycles. The number of hydrogen-bond acceptors (Lipinski definition) is 4. The highest BCUT2D eigenvalue weighted by Crippen LogP contribution is 2.48. The van der Waals surface area contributed by atoms with E-state index in [1.54, 1.807) is 11.8 Å². The van der Waals surface area contributed by atoms with Crippen molar-refractivity contribution in [3.8, 4) is 0 Å². The van der Waals surface area contributed by atoms with Crippen LogP contribution in [-0.4, -0.2) is 11.7 Å². The van der Waals surface area contributed by atoms with Crippen molar-refractivity contribution in [2.24, 2.45) is 0 Å². The third-order valence-electron chi connectivity index (χ3n) is 5.25. The molecule has 3 aromatic rings. The molecule has 2 N–H and O–H groups in total. The Balaban J connectivity index is 1.65. The molecule has 5 heteroatoms. The Labute approximate surface area is 173 Å². The summed E-state index contributed by atoms with van der Waals surface area (Å²) in [5.74, 6) is -0.365. The van der Waals surface area contributed by atoms with E-state index in [0.29, 0.717) is 0 Å². The van der Waals surface area contributed by atoms with Gasteiger partial charge in [-0.1, -0.05) is 71.9 Å². The molecular weight excluding hydrogens is 378 g/mol. The fraction of sp³-hybridized carbons (Fsp3) is 0.0833. The second kappa shape index (κ2) is 6.94. The van der Waals surface area contributed by atoms with Crippen LogP contribution in [-0.2, 0) is 4.79 Å². The van der Waals surface area contributed by atoms with Gasteiger partial charge in [0.25, 0.3) is 0 Å². The van der Waals surface area contributed by atoms with E-state index in [1.807, 2.05) is 79.7 Å². The normalized spacial score (nSPS) is 20.7. The number of rotatable bonds is 2. The van der Waals surface area contributed by atoms with Crippen LogP contribution in [0.15, 0.2) is 94.4 Å². The van der Waals surface area contributed by atoms with Crippen molar-refractivity contribution in [3.63, 3.8) is 0 Å². The standard InChI is InChI=1S/C24H19N3OS/c1-15-11-13-17(14-12-15)27-22(25)21(20(24(27)28)16-7-3-2-4-8-16)23-26-18-9-5-6-10-19(18)29-23/h2-14,20,25-26H,1H3/b23-21-,25-22?/t20-/m1/s1. The van der Waals surface area contributed by atoms with Gasteiger partial charge in [0.05, 0.1) is 22.3 Å². The van der Waals surface area contributed by atoms with Gasteiger partial charge >= 0.3 is 0 Å². The van der Waals surface area contributed by atoms with E-state index in [1.165, 1.54) is 4.90 Å². The highest BCUT2D eigenvalue weighted by Gasteiger charge is 2.45. The number of anilines is 2. The van der Waals surface area contributed by atoms with Crippen LogP contribution in [0, 0.1) is 12.3 Å². The highest BCUT2D eigenvalue weighted by molar-refractivity contribution is 8.03. The van der Waals surface area contributed by atoms with E-state index >= 15 is 0 Å². The molecule has 0 aliphatic carbocycles. The molecule has 3 aromatic carbocycles. The largest absolute Gasteiger partial charge is 0.349 e. The van der Waals surface area contributed by atoms with Gasteiger partial charge in [-0.15, -0.1) is 0 Å². The molecule has 0 radical (unpaired) electrons. The van der Waals surface area contributed by atoms with E-state index in [-0.39, 0.29) is 11.7 Å². The van der Waals surface area contributed by atoms with E-state index in [4.69, 9.17) is 5.41 Å². The van der Waals surface area contributed by atoms with E-state index in [9.17, 15) is 4.79 Å². The highest BCUT2D eigenvalue weighted by atomic mass is 32.2. The van der Waals surface area contributed by atoms with Gasteiger partial charge in [0.2, 0.25) is 5.91 Å². The van der Waals surface area contributed by atoms with Gasteiger partial charge in [0.1, 0.15) is 5.84 Å². The van der Waals surface area contributed by atoms with Crippen molar-refractivity contribution in [1.82, 2.24) is 0 Å². The van der Waals surface area contributed by atoms with Crippen LogP contribution >= 0.6 is 11.8 Å². The molecule has 0 saturated carbocycles. The van der Waals surface area contributed by atoms with E-state index in [2.05, 4.69) is 11.4 Å². The number of nitrogens with one attached hydrogen (secondary N) is 2. The molecule has 2 aliphatic rings. The number of para-hydroxylation sites is 1. The van der Waals surface area contributed by atoms with Crippen molar-refractivity contribution in [3.05, 3.63) is 101 Å². The van der Waals surface area contributed by atoms with Crippen LogP contribution in [0.2, 0.25) is 0 Å². The van der Waals surface area contributed by atoms with Crippen molar-refractivity contribution in [1.29, 1.82) is 5.41 Å². The molecule has 2 aliphatic heterocycles. The van der Waals surface area contributed by atoms with E-state index < -0.39 is 5.92 Å². The molecular formula is C24H19N3OS. The molecule has 142 valence electrons. The van der Waals surface area contributed by atoms with Crippen LogP contribution in [0.1, 0.15) is 17.0 Å². The lowest BCUT2D eigenvalue weighted by molar-refractivity contribution is -0.117. The number of fused-ring (bicyclic) bond motifs is 1. The van der Waals surface area contributed by atoms with Gasteiger partial charge < -0.3 is 5.32 Å². The van der Waals surface area contributed by atoms with Crippen LogP contribution in [0.5, 0.6) is 0 Å². The number of carbonyl (C=O) groups is 1. The SMILES string of the molecule is Cc1ccc(N2C(=N)/C(=C3/Nc4ccccc4S3)[C@@H](c3ccccc3)C2=O)cc1. The first-order valence-electron chi connectivity index (χ1n) is 9.46. The third kappa shape index (κ3) is 2.95.